The smallest absolute Gasteiger partial charge is 0.320 e. The second-order valence-corrected chi connectivity index (χ2v) is 4.47. The van der Waals surface area contributed by atoms with Crippen molar-refractivity contribution in [2.75, 3.05) is 11.5 Å². The molecule has 0 aromatic rings. The van der Waals surface area contributed by atoms with Gasteiger partial charge < -0.3 is 10.8 Å². The van der Waals surface area contributed by atoms with Gasteiger partial charge in [-0.25, -0.2) is 0 Å². The number of hydrogen-bond donors (Lipinski definition) is 2. The molecule has 0 bridgehead atoms. The first kappa shape index (κ1) is 12.8. The number of nitrogens with two attached hydrogens (primary N) is 1. The summed E-state index contributed by atoms with van der Waals surface area (Å²) in [6, 6.07) is -0.690. The molecule has 2 atom stereocenters. The zero-order chi connectivity index (χ0) is 10.3. The molecule has 13 heavy (non-hydrogen) atoms. The number of rotatable bonds is 7. The molecule has 0 aromatic heterocycles. The van der Waals surface area contributed by atoms with Gasteiger partial charge in [0.15, 0.2) is 0 Å². The molecule has 0 aromatic carbocycles. The van der Waals surface area contributed by atoms with Gasteiger partial charge in [-0.15, -0.1) is 0 Å². The third-order valence-corrected chi connectivity index (χ3v) is 3.32. The van der Waals surface area contributed by atoms with E-state index in [-0.39, 0.29) is 0 Å². The van der Waals surface area contributed by atoms with Gasteiger partial charge in [0.25, 0.3) is 0 Å². The number of carboxylic acids is 1. The van der Waals surface area contributed by atoms with Crippen LogP contribution in [-0.2, 0) is 4.79 Å². The fourth-order valence-electron chi connectivity index (χ4n) is 0.736. The number of carbonyl (C=O) groups is 1. The molecule has 3 nitrogen and oxygen atoms in total. The minimum atomic E-state index is -0.899. The zero-order valence-electron chi connectivity index (χ0n) is 8.32. The van der Waals surface area contributed by atoms with E-state index in [0.717, 1.165) is 11.5 Å². The molecule has 4 heteroatoms. The quantitative estimate of drug-likeness (QED) is 0.619. The molecule has 0 aliphatic heterocycles. The molecule has 0 saturated carbocycles. The molecule has 0 amide bonds. The average Bonchev–Trinajstić information content (AvgIpc) is 2.11. The number of hydrogen-bond acceptors (Lipinski definition) is 3. The summed E-state index contributed by atoms with van der Waals surface area (Å²) in [5, 5.41) is 8.50. The largest absolute Gasteiger partial charge is 0.480 e. The molecular weight excluding hydrogens is 186 g/mol. The van der Waals surface area contributed by atoms with E-state index in [1.165, 1.54) is 6.42 Å². The lowest BCUT2D eigenvalue weighted by Crippen LogP contribution is -2.30. The van der Waals surface area contributed by atoms with E-state index in [1.807, 2.05) is 0 Å². The standard InChI is InChI=1S/C9H19NO2S/c1-3-7(2)6-13-5-4-8(10)9(11)12/h7-8H,3-6,10H2,1-2H3,(H,11,12). The summed E-state index contributed by atoms with van der Waals surface area (Å²) in [4.78, 5) is 10.3. The minimum absolute atomic E-state index is 0.566. The van der Waals surface area contributed by atoms with Gasteiger partial charge in [-0.1, -0.05) is 20.3 Å². The second kappa shape index (κ2) is 7.21. The molecular formula is C9H19NO2S. The van der Waals surface area contributed by atoms with E-state index in [0.29, 0.717) is 12.3 Å². The van der Waals surface area contributed by atoms with E-state index >= 15 is 0 Å². The summed E-state index contributed by atoms with van der Waals surface area (Å²) in [5.74, 6) is 1.76. The molecule has 0 fully saturated rings. The normalized spacial score (nSPS) is 15.3. The molecule has 0 radical (unpaired) electrons. The fourth-order valence-corrected chi connectivity index (χ4v) is 1.96. The van der Waals surface area contributed by atoms with Crippen LogP contribution in [-0.4, -0.2) is 28.6 Å². The topological polar surface area (TPSA) is 63.3 Å². The van der Waals surface area contributed by atoms with E-state index in [2.05, 4.69) is 13.8 Å². The highest BCUT2D eigenvalue weighted by Crippen LogP contribution is 2.12. The number of carboxylic acid groups (broad SMARTS) is 1. The summed E-state index contributed by atoms with van der Waals surface area (Å²) < 4.78 is 0. The van der Waals surface area contributed by atoms with E-state index in [4.69, 9.17) is 10.8 Å². The Bertz CT molecular complexity index is 153. The van der Waals surface area contributed by atoms with Crippen molar-refractivity contribution in [1.82, 2.24) is 0 Å². The summed E-state index contributed by atoms with van der Waals surface area (Å²) in [7, 11) is 0. The third-order valence-electron chi connectivity index (χ3n) is 1.99. The van der Waals surface area contributed by atoms with Crippen molar-refractivity contribution in [3.63, 3.8) is 0 Å². The average molecular weight is 205 g/mol. The predicted molar refractivity (Wildman–Crippen MR) is 57.0 cm³/mol. The van der Waals surface area contributed by atoms with Crippen LogP contribution in [0.4, 0.5) is 0 Å². The van der Waals surface area contributed by atoms with Gasteiger partial charge in [-0.05, 0) is 23.8 Å². The maximum Gasteiger partial charge on any atom is 0.320 e. The van der Waals surface area contributed by atoms with Crippen LogP contribution in [0.3, 0.4) is 0 Å². The highest BCUT2D eigenvalue weighted by atomic mass is 32.2. The molecule has 2 unspecified atom stereocenters. The molecule has 0 heterocycles. The Kier molecular flexibility index (Phi) is 7.09. The van der Waals surface area contributed by atoms with E-state index in [9.17, 15) is 4.79 Å². The van der Waals surface area contributed by atoms with Gasteiger partial charge in [0.05, 0.1) is 0 Å². The van der Waals surface area contributed by atoms with Crippen molar-refractivity contribution >= 4 is 17.7 Å². The Morgan fingerprint density at radius 2 is 2.23 bits per heavy atom. The van der Waals surface area contributed by atoms with Crippen molar-refractivity contribution in [2.45, 2.75) is 32.7 Å². The molecule has 0 aliphatic rings. The van der Waals surface area contributed by atoms with Crippen molar-refractivity contribution in [3.05, 3.63) is 0 Å². The lowest BCUT2D eigenvalue weighted by Gasteiger charge is -2.08. The van der Waals surface area contributed by atoms with Crippen molar-refractivity contribution in [1.29, 1.82) is 0 Å². The van der Waals surface area contributed by atoms with Crippen LogP contribution in [0.5, 0.6) is 0 Å². The first-order chi connectivity index (χ1) is 6.07. The Balaban J connectivity index is 3.30. The zero-order valence-corrected chi connectivity index (χ0v) is 9.14. The first-order valence-corrected chi connectivity index (χ1v) is 5.79. The Morgan fingerprint density at radius 3 is 2.69 bits per heavy atom. The van der Waals surface area contributed by atoms with E-state index in [1.54, 1.807) is 11.8 Å². The number of thioether (sulfide) groups is 1. The lowest BCUT2D eigenvalue weighted by atomic mass is 10.2. The fraction of sp³-hybridized carbons (Fsp3) is 0.889. The molecule has 3 N–H and O–H groups in total. The van der Waals surface area contributed by atoms with Crippen molar-refractivity contribution in [3.8, 4) is 0 Å². The van der Waals surface area contributed by atoms with Gasteiger partial charge in [0.1, 0.15) is 6.04 Å². The highest BCUT2D eigenvalue weighted by Gasteiger charge is 2.10. The van der Waals surface area contributed by atoms with Crippen molar-refractivity contribution in [2.24, 2.45) is 11.7 Å². The maximum atomic E-state index is 10.3. The summed E-state index contributed by atoms with van der Waals surface area (Å²) in [6.45, 7) is 4.36. The Labute approximate surface area is 84.1 Å². The Hall–Kier alpha value is -0.220. The van der Waals surface area contributed by atoms with Gasteiger partial charge in [0, 0.05) is 0 Å². The monoisotopic (exact) mass is 205 g/mol. The Morgan fingerprint density at radius 1 is 1.62 bits per heavy atom. The third kappa shape index (κ3) is 6.90. The summed E-state index contributed by atoms with van der Waals surface area (Å²) >= 11 is 1.79. The maximum absolute atomic E-state index is 10.3. The second-order valence-electron chi connectivity index (χ2n) is 3.32. The van der Waals surface area contributed by atoms with E-state index < -0.39 is 12.0 Å². The molecule has 0 aliphatic carbocycles. The van der Waals surface area contributed by atoms with Crippen LogP contribution in [0.15, 0.2) is 0 Å². The summed E-state index contributed by atoms with van der Waals surface area (Å²) in [6.07, 6.45) is 1.74. The van der Waals surface area contributed by atoms with Crippen LogP contribution in [0.2, 0.25) is 0 Å². The molecule has 0 spiro atoms. The van der Waals surface area contributed by atoms with Crippen LogP contribution in [0.1, 0.15) is 26.7 Å². The predicted octanol–water partition coefficient (Wildman–Crippen LogP) is 1.57. The molecule has 0 saturated heterocycles. The van der Waals surface area contributed by atoms with Crippen LogP contribution in [0.25, 0.3) is 0 Å². The van der Waals surface area contributed by atoms with Crippen LogP contribution < -0.4 is 5.73 Å². The van der Waals surface area contributed by atoms with Crippen LogP contribution in [0, 0.1) is 5.92 Å². The first-order valence-electron chi connectivity index (χ1n) is 4.64. The lowest BCUT2D eigenvalue weighted by molar-refractivity contribution is -0.138. The highest BCUT2D eigenvalue weighted by molar-refractivity contribution is 7.99. The van der Waals surface area contributed by atoms with Gasteiger partial charge >= 0.3 is 5.97 Å². The van der Waals surface area contributed by atoms with Crippen molar-refractivity contribution < 1.29 is 9.90 Å². The van der Waals surface area contributed by atoms with Crippen LogP contribution >= 0.6 is 11.8 Å². The number of aliphatic carboxylic acids is 1. The molecule has 0 rings (SSSR count). The van der Waals surface area contributed by atoms with Gasteiger partial charge in [-0.3, -0.25) is 4.79 Å². The SMILES string of the molecule is CCC(C)CSCCC(N)C(=O)O. The molecule has 78 valence electrons. The van der Waals surface area contributed by atoms with Gasteiger partial charge in [0.2, 0.25) is 0 Å². The summed E-state index contributed by atoms with van der Waals surface area (Å²) in [5.41, 5.74) is 5.35. The minimum Gasteiger partial charge on any atom is -0.480 e. The van der Waals surface area contributed by atoms with Gasteiger partial charge in [-0.2, -0.15) is 11.8 Å².